The van der Waals surface area contributed by atoms with Crippen LogP contribution in [0.2, 0.25) is 0 Å². The van der Waals surface area contributed by atoms with Gasteiger partial charge in [0.2, 0.25) is 0 Å². The Hall–Kier alpha value is -2.31. The molecule has 0 spiro atoms. The van der Waals surface area contributed by atoms with Crippen LogP contribution in [0.4, 0.5) is 5.69 Å². The first-order valence-corrected chi connectivity index (χ1v) is 7.27. The van der Waals surface area contributed by atoms with Crippen LogP contribution in [0.25, 0.3) is 10.8 Å². The molecule has 0 bridgehead atoms. The van der Waals surface area contributed by atoms with Crippen LogP contribution >= 0.6 is 0 Å². The van der Waals surface area contributed by atoms with Crippen molar-refractivity contribution in [1.82, 2.24) is 0 Å². The van der Waals surface area contributed by atoms with Gasteiger partial charge in [-0.2, -0.15) is 0 Å². The monoisotopic (exact) mass is 277 g/mol. The summed E-state index contributed by atoms with van der Waals surface area (Å²) in [6, 6.07) is 14.5. The maximum Gasteiger partial charge on any atom is 0.128 e. The molecule has 0 unspecified atom stereocenters. The van der Waals surface area contributed by atoms with Gasteiger partial charge in [-0.25, -0.2) is 4.79 Å². The molecule has 0 saturated carbocycles. The molecule has 21 heavy (non-hydrogen) atoms. The lowest BCUT2D eigenvalue weighted by Crippen LogP contribution is -2.20. The van der Waals surface area contributed by atoms with E-state index in [2.05, 4.69) is 55.4 Å². The molecule has 0 aromatic heterocycles. The van der Waals surface area contributed by atoms with Crippen LogP contribution in [0, 0.1) is 5.41 Å². The summed E-state index contributed by atoms with van der Waals surface area (Å²) in [5, 5.41) is 5.91. The van der Waals surface area contributed by atoms with Gasteiger partial charge in [-0.3, -0.25) is 0 Å². The highest BCUT2D eigenvalue weighted by atomic mass is 16.1. The first kappa shape index (κ1) is 13.7. The molecule has 0 aliphatic heterocycles. The fourth-order valence-corrected chi connectivity index (χ4v) is 3.06. The third kappa shape index (κ3) is 2.91. The average Bonchev–Trinajstić information content (AvgIpc) is 2.46. The normalized spacial score (nSPS) is 17.2. The Morgan fingerprint density at radius 1 is 1.05 bits per heavy atom. The second-order valence-electron chi connectivity index (χ2n) is 6.47. The summed E-state index contributed by atoms with van der Waals surface area (Å²) in [6.07, 6.45) is 3.67. The van der Waals surface area contributed by atoms with Gasteiger partial charge in [0.15, 0.2) is 0 Å². The summed E-state index contributed by atoms with van der Waals surface area (Å²) in [4.78, 5) is 11.0. The number of hydrogen-bond donors (Lipinski definition) is 1. The smallest absolute Gasteiger partial charge is 0.128 e. The van der Waals surface area contributed by atoms with Crippen molar-refractivity contribution >= 4 is 22.4 Å². The maximum absolute atomic E-state index is 11.0. The van der Waals surface area contributed by atoms with E-state index in [1.165, 1.54) is 10.8 Å². The van der Waals surface area contributed by atoms with Crippen LogP contribution < -0.4 is 5.32 Å². The fraction of sp³-hybridized carbons (Fsp3) is 0.263. The van der Waals surface area contributed by atoms with Gasteiger partial charge in [-0.05, 0) is 35.8 Å². The molecule has 2 aromatic rings. The summed E-state index contributed by atoms with van der Waals surface area (Å²) in [7, 11) is 0. The quantitative estimate of drug-likeness (QED) is 0.805. The van der Waals surface area contributed by atoms with Gasteiger partial charge in [0.05, 0.1) is 0 Å². The van der Waals surface area contributed by atoms with Gasteiger partial charge in [0, 0.05) is 22.3 Å². The molecule has 2 heteroatoms. The van der Waals surface area contributed by atoms with Gasteiger partial charge in [0.1, 0.15) is 5.94 Å². The SMILES string of the molecule is CC1(C)CC(=C=O)C=C(Nc2cccc3ccccc23)C1. The van der Waals surface area contributed by atoms with Gasteiger partial charge in [0.25, 0.3) is 0 Å². The van der Waals surface area contributed by atoms with E-state index in [9.17, 15) is 4.79 Å². The number of anilines is 1. The molecule has 106 valence electrons. The second kappa shape index (κ2) is 5.23. The van der Waals surface area contributed by atoms with E-state index >= 15 is 0 Å². The second-order valence-corrected chi connectivity index (χ2v) is 6.47. The molecule has 0 saturated heterocycles. The van der Waals surface area contributed by atoms with Crippen molar-refractivity contribution in [3.63, 3.8) is 0 Å². The topological polar surface area (TPSA) is 29.1 Å². The largest absolute Gasteiger partial charge is 0.358 e. The van der Waals surface area contributed by atoms with E-state index < -0.39 is 0 Å². The third-order valence-corrected chi connectivity index (χ3v) is 3.90. The van der Waals surface area contributed by atoms with Gasteiger partial charge < -0.3 is 5.32 Å². The molecule has 1 aliphatic carbocycles. The molecule has 0 amide bonds. The predicted molar refractivity (Wildman–Crippen MR) is 87.9 cm³/mol. The van der Waals surface area contributed by atoms with E-state index in [1.807, 2.05) is 18.2 Å². The number of fused-ring (bicyclic) bond motifs is 1. The number of allylic oxidation sites excluding steroid dienone is 3. The van der Waals surface area contributed by atoms with E-state index in [0.717, 1.165) is 29.8 Å². The van der Waals surface area contributed by atoms with Gasteiger partial charge >= 0.3 is 0 Å². The molecule has 2 nitrogen and oxygen atoms in total. The molecular weight excluding hydrogens is 258 g/mol. The highest BCUT2D eigenvalue weighted by Crippen LogP contribution is 2.38. The Morgan fingerprint density at radius 3 is 2.62 bits per heavy atom. The van der Waals surface area contributed by atoms with Crippen LogP contribution in [-0.2, 0) is 4.79 Å². The summed E-state index contributed by atoms with van der Waals surface area (Å²) in [6.45, 7) is 4.37. The van der Waals surface area contributed by atoms with Crippen molar-refractivity contribution in [3.05, 3.63) is 59.8 Å². The van der Waals surface area contributed by atoms with Gasteiger partial charge in [-0.15, -0.1) is 0 Å². The Kier molecular flexibility index (Phi) is 3.40. The molecule has 1 N–H and O–H groups in total. The first-order chi connectivity index (χ1) is 10.1. The first-order valence-electron chi connectivity index (χ1n) is 7.27. The molecule has 0 heterocycles. The van der Waals surface area contributed by atoms with Crippen LogP contribution in [0.5, 0.6) is 0 Å². The number of benzene rings is 2. The molecular formula is C19H19NO. The standard InChI is InChI=1S/C19H19NO/c1-19(2)11-14(13-21)10-16(12-19)20-18-9-5-7-15-6-3-4-8-17(15)18/h3-10,20H,11-12H2,1-2H3. The number of rotatable bonds is 2. The van der Waals surface area contributed by atoms with Crippen LogP contribution in [0.3, 0.4) is 0 Å². The Balaban J connectivity index is 1.99. The lowest BCUT2D eigenvalue weighted by molar-refractivity contribution is 0.353. The molecule has 0 fully saturated rings. The number of carbonyl (C=O) groups excluding carboxylic acids is 1. The van der Waals surface area contributed by atoms with E-state index in [-0.39, 0.29) is 5.41 Å². The minimum Gasteiger partial charge on any atom is -0.358 e. The Bertz CT molecular complexity index is 759. The molecule has 0 atom stereocenters. The van der Waals surface area contributed by atoms with Crippen LogP contribution in [0.1, 0.15) is 26.7 Å². The van der Waals surface area contributed by atoms with Gasteiger partial charge in [-0.1, -0.05) is 50.2 Å². The summed E-state index contributed by atoms with van der Waals surface area (Å²) in [5.74, 6) is 2.06. The maximum atomic E-state index is 11.0. The minimum absolute atomic E-state index is 0.0917. The summed E-state index contributed by atoms with van der Waals surface area (Å²) >= 11 is 0. The average molecular weight is 277 g/mol. The van der Waals surface area contributed by atoms with Crippen molar-refractivity contribution in [3.8, 4) is 0 Å². The molecule has 2 aromatic carbocycles. The third-order valence-electron chi connectivity index (χ3n) is 3.90. The zero-order valence-corrected chi connectivity index (χ0v) is 12.4. The van der Waals surface area contributed by atoms with Crippen molar-refractivity contribution < 1.29 is 4.79 Å². The number of nitrogens with one attached hydrogen (secondary N) is 1. The highest BCUT2D eigenvalue weighted by molar-refractivity contribution is 5.94. The van der Waals surface area contributed by atoms with Crippen LogP contribution in [-0.4, -0.2) is 5.94 Å². The predicted octanol–water partition coefficient (Wildman–Crippen LogP) is 4.71. The van der Waals surface area contributed by atoms with E-state index in [4.69, 9.17) is 0 Å². The van der Waals surface area contributed by atoms with Crippen molar-refractivity contribution in [2.24, 2.45) is 5.41 Å². The Labute approximate surface area is 125 Å². The van der Waals surface area contributed by atoms with Crippen molar-refractivity contribution in [1.29, 1.82) is 0 Å². The highest BCUT2D eigenvalue weighted by Gasteiger charge is 2.26. The molecule has 0 radical (unpaired) electrons. The summed E-state index contributed by atoms with van der Waals surface area (Å²) < 4.78 is 0. The van der Waals surface area contributed by atoms with Crippen molar-refractivity contribution in [2.45, 2.75) is 26.7 Å². The fourth-order valence-electron chi connectivity index (χ4n) is 3.06. The van der Waals surface area contributed by atoms with E-state index in [0.29, 0.717) is 0 Å². The summed E-state index contributed by atoms with van der Waals surface area (Å²) in [5.41, 5.74) is 3.01. The lowest BCUT2D eigenvalue weighted by Gasteiger charge is -2.30. The molecule has 1 aliphatic rings. The van der Waals surface area contributed by atoms with Crippen molar-refractivity contribution in [2.75, 3.05) is 5.32 Å². The molecule has 3 rings (SSSR count). The zero-order chi connectivity index (χ0) is 14.9. The van der Waals surface area contributed by atoms with E-state index in [1.54, 1.807) is 0 Å². The number of hydrogen-bond acceptors (Lipinski definition) is 2. The lowest BCUT2D eigenvalue weighted by atomic mass is 9.77. The Morgan fingerprint density at radius 2 is 1.81 bits per heavy atom. The zero-order valence-electron chi connectivity index (χ0n) is 12.4. The van der Waals surface area contributed by atoms with Crippen LogP contribution in [0.15, 0.2) is 59.8 Å². The minimum atomic E-state index is 0.0917.